The van der Waals surface area contributed by atoms with E-state index >= 15 is 0 Å². The standard InChI is InChI=1S/C14H13Cl3N2O/c1-2-6-20-8-11-18-13(16)12(14(17)19-11)9-4-3-5-10(15)7-9/h3-5,7H,2,6,8H2,1H3. The van der Waals surface area contributed by atoms with Crippen molar-refractivity contribution in [1.29, 1.82) is 0 Å². The molecule has 0 atom stereocenters. The minimum Gasteiger partial charge on any atom is -0.373 e. The van der Waals surface area contributed by atoms with Gasteiger partial charge in [-0.3, -0.25) is 0 Å². The second-order valence-corrected chi connectivity index (χ2v) is 5.31. The zero-order chi connectivity index (χ0) is 14.5. The Hall–Kier alpha value is -0.870. The van der Waals surface area contributed by atoms with E-state index < -0.39 is 0 Å². The molecule has 0 aliphatic carbocycles. The number of rotatable bonds is 5. The highest BCUT2D eigenvalue weighted by Crippen LogP contribution is 2.33. The van der Waals surface area contributed by atoms with Crippen LogP contribution in [0.2, 0.25) is 15.3 Å². The predicted molar refractivity (Wildman–Crippen MR) is 82.4 cm³/mol. The SMILES string of the molecule is CCCOCc1nc(Cl)c(-c2cccc(Cl)c2)c(Cl)n1. The fourth-order valence-corrected chi connectivity index (χ4v) is 2.53. The molecule has 0 N–H and O–H groups in total. The fraction of sp³-hybridized carbons (Fsp3) is 0.286. The summed E-state index contributed by atoms with van der Waals surface area (Å²) in [5.41, 5.74) is 1.36. The first-order valence-corrected chi connectivity index (χ1v) is 7.30. The van der Waals surface area contributed by atoms with E-state index in [1.807, 2.05) is 19.1 Å². The van der Waals surface area contributed by atoms with Crippen LogP contribution in [0.15, 0.2) is 24.3 Å². The summed E-state index contributed by atoms with van der Waals surface area (Å²) in [4.78, 5) is 8.43. The van der Waals surface area contributed by atoms with Crippen LogP contribution >= 0.6 is 34.8 Å². The van der Waals surface area contributed by atoms with Crippen LogP contribution in [0.1, 0.15) is 19.2 Å². The quantitative estimate of drug-likeness (QED) is 0.569. The number of benzene rings is 1. The van der Waals surface area contributed by atoms with Crippen molar-refractivity contribution in [3.63, 3.8) is 0 Å². The summed E-state index contributed by atoms with van der Waals surface area (Å²) in [6.45, 7) is 2.97. The van der Waals surface area contributed by atoms with Crippen LogP contribution in [0.4, 0.5) is 0 Å². The molecule has 0 saturated heterocycles. The first-order valence-electron chi connectivity index (χ1n) is 6.17. The van der Waals surface area contributed by atoms with Crippen molar-refractivity contribution in [1.82, 2.24) is 9.97 Å². The third-order valence-electron chi connectivity index (χ3n) is 2.56. The second kappa shape index (κ2) is 7.23. The Kier molecular flexibility index (Phi) is 5.61. The Morgan fingerprint density at radius 2 is 1.80 bits per heavy atom. The van der Waals surface area contributed by atoms with Gasteiger partial charge in [0.15, 0.2) is 5.82 Å². The third-order valence-corrected chi connectivity index (χ3v) is 3.34. The number of aromatic nitrogens is 2. The molecule has 0 fully saturated rings. The Balaban J connectivity index is 2.31. The van der Waals surface area contributed by atoms with Crippen LogP contribution < -0.4 is 0 Å². The van der Waals surface area contributed by atoms with Crippen LogP contribution in [-0.4, -0.2) is 16.6 Å². The zero-order valence-electron chi connectivity index (χ0n) is 10.9. The Morgan fingerprint density at radius 1 is 1.10 bits per heavy atom. The number of nitrogens with zero attached hydrogens (tertiary/aromatic N) is 2. The molecule has 1 aromatic heterocycles. The average Bonchev–Trinajstić information content (AvgIpc) is 2.38. The summed E-state index contributed by atoms with van der Waals surface area (Å²) in [5, 5.41) is 1.19. The Bertz CT molecular complexity index is 582. The maximum absolute atomic E-state index is 6.20. The molecule has 1 aromatic carbocycles. The molecule has 2 aromatic rings. The number of halogens is 3. The van der Waals surface area contributed by atoms with Gasteiger partial charge in [0.25, 0.3) is 0 Å². The molecule has 20 heavy (non-hydrogen) atoms. The van der Waals surface area contributed by atoms with Gasteiger partial charge in [0.05, 0.1) is 5.56 Å². The lowest BCUT2D eigenvalue weighted by Crippen LogP contribution is -2.02. The molecule has 6 heteroatoms. The Morgan fingerprint density at radius 3 is 2.40 bits per heavy atom. The second-order valence-electron chi connectivity index (χ2n) is 4.16. The van der Waals surface area contributed by atoms with E-state index in [-0.39, 0.29) is 0 Å². The van der Waals surface area contributed by atoms with Gasteiger partial charge in [-0.15, -0.1) is 0 Å². The Labute approximate surface area is 132 Å². The van der Waals surface area contributed by atoms with Crippen molar-refractivity contribution in [3.05, 3.63) is 45.4 Å². The molecule has 0 unspecified atom stereocenters. The van der Waals surface area contributed by atoms with E-state index in [1.165, 1.54) is 0 Å². The number of hydrogen-bond acceptors (Lipinski definition) is 3. The van der Waals surface area contributed by atoms with E-state index in [0.717, 1.165) is 12.0 Å². The van der Waals surface area contributed by atoms with Crippen LogP contribution in [0.5, 0.6) is 0 Å². The predicted octanol–water partition coefficient (Wildman–Crippen LogP) is 5.03. The maximum Gasteiger partial charge on any atom is 0.157 e. The highest BCUT2D eigenvalue weighted by atomic mass is 35.5. The summed E-state index contributed by atoms with van der Waals surface area (Å²) in [6, 6.07) is 7.23. The smallest absolute Gasteiger partial charge is 0.157 e. The van der Waals surface area contributed by atoms with Crippen LogP contribution in [0.25, 0.3) is 11.1 Å². The fourth-order valence-electron chi connectivity index (χ4n) is 1.70. The van der Waals surface area contributed by atoms with Crippen molar-refractivity contribution in [3.8, 4) is 11.1 Å². The molecule has 1 heterocycles. The largest absolute Gasteiger partial charge is 0.373 e. The molecule has 0 radical (unpaired) electrons. The van der Waals surface area contributed by atoms with Crippen molar-refractivity contribution < 1.29 is 4.74 Å². The minimum absolute atomic E-state index is 0.294. The highest BCUT2D eigenvalue weighted by molar-refractivity contribution is 6.38. The molecule has 0 amide bonds. The normalized spacial score (nSPS) is 10.8. The summed E-state index contributed by atoms with van der Waals surface area (Å²) in [7, 11) is 0. The monoisotopic (exact) mass is 330 g/mol. The average molecular weight is 332 g/mol. The van der Waals surface area contributed by atoms with Gasteiger partial charge < -0.3 is 4.74 Å². The molecule has 0 bridgehead atoms. The molecule has 0 saturated carbocycles. The lowest BCUT2D eigenvalue weighted by Gasteiger charge is -2.09. The van der Waals surface area contributed by atoms with Crippen LogP contribution in [0.3, 0.4) is 0 Å². The van der Waals surface area contributed by atoms with Gasteiger partial charge in [0, 0.05) is 11.6 Å². The minimum atomic E-state index is 0.294. The summed E-state index contributed by atoms with van der Waals surface area (Å²) in [6.07, 6.45) is 0.933. The van der Waals surface area contributed by atoms with Gasteiger partial charge in [-0.2, -0.15) is 0 Å². The third kappa shape index (κ3) is 3.83. The van der Waals surface area contributed by atoms with E-state index in [1.54, 1.807) is 12.1 Å². The molecule has 106 valence electrons. The van der Waals surface area contributed by atoms with Crippen LogP contribution in [0, 0.1) is 0 Å². The van der Waals surface area contributed by atoms with E-state index in [9.17, 15) is 0 Å². The maximum atomic E-state index is 6.20. The van der Waals surface area contributed by atoms with Gasteiger partial charge in [0.1, 0.15) is 16.9 Å². The van der Waals surface area contributed by atoms with Gasteiger partial charge in [-0.1, -0.05) is 53.9 Å². The first kappa shape index (κ1) is 15.5. The van der Waals surface area contributed by atoms with Crippen molar-refractivity contribution in [2.75, 3.05) is 6.61 Å². The topological polar surface area (TPSA) is 35.0 Å². The molecule has 0 spiro atoms. The zero-order valence-corrected chi connectivity index (χ0v) is 13.1. The molecule has 0 aliphatic rings. The van der Waals surface area contributed by atoms with Crippen molar-refractivity contribution in [2.24, 2.45) is 0 Å². The molecule has 2 rings (SSSR count). The van der Waals surface area contributed by atoms with Gasteiger partial charge in [-0.25, -0.2) is 9.97 Å². The highest BCUT2D eigenvalue weighted by Gasteiger charge is 2.14. The van der Waals surface area contributed by atoms with E-state index in [2.05, 4.69) is 9.97 Å². The van der Waals surface area contributed by atoms with Crippen LogP contribution in [-0.2, 0) is 11.3 Å². The van der Waals surface area contributed by atoms with Crippen molar-refractivity contribution in [2.45, 2.75) is 20.0 Å². The van der Waals surface area contributed by atoms with Crippen molar-refractivity contribution >= 4 is 34.8 Å². The van der Waals surface area contributed by atoms with Gasteiger partial charge in [-0.05, 0) is 24.1 Å². The first-order chi connectivity index (χ1) is 9.61. The summed E-state index contributed by atoms with van der Waals surface area (Å²) in [5.74, 6) is 0.472. The summed E-state index contributed by atoms with van der Waals surface area (Å²) >= 11 is 18.4. The lowest BCUT2D eigenvalue weighted by atomic mass is 10.1. The summed E-state index contributed by atoms with van der Waals surface area (Å²) < 4.78 is 5.38. The van der Waals surface area contributed by atoms with E-state index in [0.29, 0.717) is 39.9 Å². The molecular weight excluding hydrogens is 319 g/mol. The number of ether oxygens (including phenoxy) is 1. The van der Waals surface area contributed by atoms with Gasteiger partial charge in [0.2, 0.25) is 0 Å². The number of hydrogen-bond donors (Lipinski definition) is 0. The lowest BCUT2D eigenvalue weighted by molar-refractivity contribution is 0.116. The molecule has 3 nitrogen and oxygen atoms in total. The van der Waals surface area contributed by atoms with E-state index in [4.69, 9.17) is 39.5 Å². The van der Waals surface area contributed by atoms with Gasteiger partial charge >= 0.3 is 0 Å². The molecular formula is C14H13Cl3N2O. The molecule has 0 aliphatic heterocycles.